The zero-order valence-corrected chi connectivity index (χ0v) is 12.0. The van der Waals surface area contributed by atoms with Gasteiger partial charge in [0.25, 0.3) is 0 Å². The van der Waals surface area contributed by atoms with E-state index in [1.54, 1.807) is 11.3 Å². The Kier molecular flexibility index (Phi) is 5.69. The number of carbonyl (C=O) groups is 1. The van der Waals surface area contributed by atoms with Gasteiger partial charge >= 0.3 is 5.97 Å². The topological polar surface area (TPSA) is 74.5 Å². The summed E-state index contributed by atoms with van der Waals surface area (Å²) in [6.07, 6.45) is 0.599. The van der Waals surface area contributed by atoms with E-state index in [4.69, 9.17) is 13.9 Å². The second-order valence-electron chi connectivity index (χ2n) is 3.93. The summed E-state index contributed by atoms with van der Waals surface area (Å²) in [5.74, 6) is 0.624. The SMILES string of the molecule is CCOCCOC(=O)CCc1nnc(-c2ccsc2)o1. The number of carbonyl (C=O) groups excluding carboxylic acids is 1. The molecule has 6 nitrogen and oxygen atoms in total. The van der Waals surface area contributed by atoms with E-state index in [9.17, 15) is 4.79 Å². The van der Waals surface area contributed by atoms with E-state index in [1.807, 2.05) is 23.8 Å². The molecule has 0 N–H and O–H groups in total. The number of nitrogens with zero attached hydrogens (tertiary/aromatic N) is 2. The van der Waals surface area contributed by atoms with Crippen LogP contribution in [0.5, 0.6) is 0 Å². The van der Waals surface area contributed by atoms with Crippen LogP contribution in [0.3, 0.4) is 0 Å². The third-order valence-electron chi connectivity index (χ3n) is 2.47. The van der Waals surface area contributed by atoms with E-state index in [0.29, 0.717) is 31.4 Å². The lowest BCUT2D eigenvalue weighted by Crippen LogP contribution is -2.11. The molecule has 0 atom stereocenters. The number of rotatable bonds is 8. The minimum Gasteiger partial charge on any atom is -0.463 e. The zero-order valence-electron chi connectivity index (χ0n) is 11.2. The number of ether oxygens (including phenoxy) is 2. The van der Waals surface area contributed by atoms with Gasteiger partial charge in [-0.05, 0) is 18.4 Å². The van der Waals surface area contributed by atoms with Gasteiger partial charge in [-0.25, -0.2) is 0 Å². The van der Waals surface area contributed by atoms with Gasteiger partial charge in [0.05, 0.1) is 13.0 Å². The summed E-state index contributed by atoms with van der Waals surface area (Å²) < 4.78 is 15.5. The van der Waals surface area contributed by atoms with Gasteiger partial charge in [0.2, 0.25) is 11.8 Å². The first-order valence-electron chi connectivity index (χ1n) is 6.38. The lowest BCUT2D eigenvalue weighted by molar-refractivity contribution is -0.145. The van der Waals surface area contributed by atoms with E-state index in [0.717, 1.165) is 5.56 Å². The molecule has 0 amide bonds. The third-order valence-corrected chi connectivity index (χ3v) is 3.16. The Labute approximate surface area is 120 Å². The summed E-state index contributed by atoms with van der Waals surface area (Å²) in [7, 11) is 0. The molecule has 0 fully saturated rings. The molecule has 7 heteroatoms. The smallest absolute Gasteiger partial charge is 0.306 e. The molecule has 0 saturated carbocycles. The van der Waals surface area contributed by atoms with Crippen molar-refractivity contribution >= 4 is 17.3 Å². The quantitative estimate of drug-likeness (QED) is 0.549. The summed E-state index contributed by atoms with van der Waals surface area (Å²) in [4.78, 5) is 11.4. The first-order valence-corrected chi connectivity index (χ1v) is 7.32. The van der Waals surface area contributed by atoms with Crippen LogP contribution in [-0.4, -0.2) is 36.0 Å². The maximum atomic E-state index is 11.4. The molecular weight excluding hydrogens is 280 g/mol. The van der Waals surface area contributed by atoms with Crippen LogP contribution in [0.4, 0.5) is 0 Å². The van der Waals surface area contributed by atoms with Gasteiger partial charge in [-0.15, -0.1) is 10.2 Å². The van der Waals surface area contributed by atoms with E-state index >= 15 is 0 Å². The molecule has 108 valence electrons. The number of aromatic nitrogens is 2. The highest BCUT2D eigenvalue weighted by Gasteiger charge is 2.11. The van der Waals surface area contributed by atoms with Crippen molar-refractivity contribution in [1.82, 2.24) is 10.2 Å². The van der Waals surface area contributed by atoms with Crippen molar-refractivity contribution in [3.63, 3.8) is 0 Å². The standard InChI is InChI=1S/C13H16N2O4S/c1-2-17-6-7-18-12(16)4-3-11-14-15-13(19-11)10-5-8-20-9-10/h5,8-9H,2-4,6-7H2,1H3. The van der Waals surface area contributed by atoms with Gasteiger partial charge < -0.3 is 13.9 Å². The molecule has 2 rings (SSSR count). The highest BCUT2D eigenvalue weighted by Crippen LogP contribution is 2.20. The van der Waals surface area contributed by atoms with Crippen LogP contribution >= 0.6 is 11.3 Å². The monoisotopic (exact) mass is 296 g/mol. The Hall–Kier alpha value is -1.73. The zero-order chi connectivity index (χ0) is 14.2. The van der Waals surface area contributed by atoms with Crippen molar-refractivity contribution in [1.29, 1.82) is 0 Å². The van der Waals surface area contributed by atoms with E-state index in [2.05, 4.69) is 10.2 Å². The van der Waals surface area contributed by atoms with Gasteiger partial charge in [0.1, 0.15) is 6.61 Å². The third kappa shape index (κ3) is 4.43. The molecule has 2 aromatic heterocycles. The lowest BCUT2D eigenvalue weighted by atomic mass is 10.3. The predicted octanol–water partition coefficient (Wildman–Crippen LogP) is 2.31. The van der Waals surface area contributed by atoms with Gasteiger partial charge in [-0.1, -0.05) is 0 Å². The summed E-state index contributed by atoms with van der Waals surface area (Å²) in [5, 5.41) is 11.7. The van der Waals surface area contributed by atoms with Crippen LogP contribution in [0.15, 0.2) is 21.2 Å². The van der Waals surface area contributed by atoms with Crippen LogP contribution in [-0.2, 0) is 20.7 Å². The molecule has 0 bridgehead atoms. The fourth-order valence-corrected chi connectivity index (χ4v) is 2.13. The van der Waals surface area contributed by atoms with Gasteiger partial charge in [-0.3, -0.25) is 4.79 Å². The van der Waals surface area contributed by atoms with Crippen molar-refractivity contribution in [2.45, 2.75) is 19.8 Å². The summed E-state index contributed by atoms with van der Waals surface area (Å²) in [6.45, 7) is 3.20. The Morgan fingerprint density at radius 2 is 2.30 bits per heavy atom. The van der Waals surface area contributed by atoms with Crippen molar-refractivity contribution in [2.24, 2.45) is 0 Å². The van der Waals surface area contributed by atoms with Crippen molar-refractivity contribution in [3.05, 3.63) is 22.7 Å². The fourth-order valence-electron chi connectivity index (χ4n) is 1.50. The number of thiophene rings is 1. The Bertz CT molecular complexity index is 524. The van der Waals surface area contributed by atoms with Crippen LogP contribution in [0, 0.1) is 0 Å². The minimum absolute atomic E-state index is 0.220. The highest BCUT2D eigenvalue weighted by molar-refractivity contribution is 7.08. The van der Waals surface area contributed by atoms with E-state index in [-0.39, 0.29) is 19.0 Å². The van der Waals surface area contributed by atoms with Crippen LogP contribution in [0.25, 0.3) is 11.5 Å². The number of aryl methyl sites for hydroxylation is 1. The van der Waals surface area contributed by atoms with Gasteiger partial charge in [-0.2, -0.15) is 11.3 Å². The van der Waals surface area contributed by atoms with Gasteiger partial charge in [0, 0.05) is 24.0 Å². The normalized spacial score (nSPS) is 10.7. The molecule has 0 aliphatic rings. The Balaban J connectivity index is 1.73. The summed E-state index contributed by atoms with van der Waals surface area (Å²) in [6, 6.07) is 1.91. The fraction of sp³-hybridized carbons (Fsp3) is 0.462. The Morgan fingerprint density at radius 3 is 3.05 bits per heavy atom. The van der Waals surface area contributed by atoms with Crippen molar-refractivity contribution in [2.75, 3.05) is 19.8 Å². The van der Waals surface area contributed by atoms with Crippen molar-refractivity contribution < 1.29 is 18.7 Å². The van der Waals surface area contributed by atoms with Crippen LogP contribution < -0.4 is 0 Å². The second-order valence-corrected chi connectivity index (χ2v) is 4.71. The summed E-state index contributed by atoms with van der Waals surface area (Å²) >= 11 is 1.56. The number of hydrogen-bond acceptors (Lipinski definition) is 7. The van der Waals surface area contributed by atoms with Gasteiger partial charge in [0.15, 0.2) is 0 Å². The second kappa shape index (κ2) is 7.76. The van der Waals surface area contributed by atoms with Crippen LogP contribution in [0.1, 0.15) is 19.2 Å². The molecule has 0 unspecified atom stereocenters. The minimum atomic E-state index is -0.292. The lowest BCUT2D eigenvalue weighted by Gasteiger charge is -2.03. The predicted molar refractivity (Wildman–Crippen MR) is 73.4 cm³/mol. The first kappa shape index (κ1) is 14.7. The average Bonchev–Trinajstić information content (AvgIpc) is 3.11. The van der Waals surface area contributed by atoms with E-state index in [1.165, 1.54) is 0 Å². The molecular formula is C13H16N2O4S. The molecule has 20 heavy (non-hydrogen) atoms. The molecule has 2 aromatic rings. The summed E-state index contributed by atoms with van der Waals surface area (Å²) in [5.41, 5.74) is 0.896. The molecule has 2 heterocycles. The van der Waals surface area contributed by atoms with Crippen molar-refractivity contribution in [3.8, 4) is 11.5 Å². The molecule has 0 aliphatic heterocycles. The number of esters is 1. The molecule has 0 spiro atoms. The molecule has 0 aromatic carbocycles. The molecule has 0 radical (unpaired) electrons. The van der Waals surface area contributed by atoms with E-state index < -0.39 is 0 Å². The maximum absolute atomic E-state index is 11.4. The number of hydrogen-bond donors (Lipinski definition) is 0. The Morgan fingerprint density at radius 1 is 1.40 bits per heavy atom. The largest absolute Gasteiger partial charge is 0.463 e. The molecule has 0 aliphatic carbocycles. The van der Waals surface area contributed by atoms with Crippen LogP contribution in [0.2, 0.25) is 0 Å². The first-order chi connectivity index (χ1) is 9.79. The highest BCUT2D eigenvalue weighted by atomic mass is 32.1. The molecule has 0 saturated heterocycles. The maximum Gasteiger partial charge on any atom is 0.306 e. The average molecular weight is 296 g/mol.